The van der Waals surface area contributed by atoms with E-state index in [-0.39, 0.29) is 5.92 Å². The van der Waals surface area contributed by atoms with Crippen molar-refractivity contribution < 1.29 is 9.90 Å². The molecular weight excluding hydrogens is 282 g/mol. The summed E-state index contributed by atoms with van der Waals surface area (Å²) < 4.78 is 0. The maximum absolute atomic E-state index is 11.9. The topological polar surface area (TPSA) is 81.6 Å². The summed E-state index contributed by atoms with van der Waals surface area (Å²) in [4.78, 5) is 24.9. The van der Waals surface area contributed by atoms with Gasteiger partial charge in [0.15, 0.2) is 0 Å². The van der Waals surface area contributed by atoms with Crippen molar-refractivity contribution >= 4 is 17.7 Å². The van der Waals surface area contributed by atoms with Gasteiger partial charge in [0, 0.05) is 32.4 Å². The summed E-state index contributed by atoms with van der Waals surface area (Å²) in [5, 5.41) is 13.0. The van der Waals surface area contributed by atoms with Gasteiger partial charge >= 0.3 is 5.97 Å². The van der Waals surface area contributed by atoms with Crippen molar-refractivity contribution in [3.8, 4) is 0 Å². The number of hydrogen-bond donors (Lipinski definition) is 2. The fraction of sp³-hybridized carbons (Fsp3) is 0.667. The first-order chi connectivity index (χ1) is 10.5. The molecule has 2 aliphatic rings. The van der Waals surface area contributed by atoms with E-state index >= 15 is 0 Å². The van der Waals surface area contributed by atoms with Gasteiger partial charge in [-0.3, -0.25) is 4.79 Å². The summed E-state index contributed by atoms with van der Waals surface area (Å²) >= 11 is 0. The van der Waals surface area contributed by atoms with E-state index in [0.717, 1.165) is 31.9 Å². The minimum Gasteiger partial charge on any atom is -0.481 e. The SMILES string of the molecule is CCNc1ccnc(N2CC3CCN(C)CC3(C(=O)O)C2)n1. The Morgan fingerprint density at radius 1 is 1.55 bits per heavy atom. The molecule has 7 heteroatoms. The molecule has 0 bridgehead atoms. The van der Waals surface area contributed by atoms with Crippen molar-refractivity contribution in [3.05, 3.63) is 12.3 Å². The lowest BCUT2D eigenvalue weighted by atomic mass is 9.73. The van der Waals surface area contributed by atoms with Crippen molar-refractivity contribution in [2.24, 2.45) is 11.3 Å². The number of aromatic nitrogens is 2. The number of carboxylic acid groups (broad SMARTS) is 1. The Morgan fingerprint density at radius 3 is 3.09 bits per heavy atom. The highest BCUT2D eigenvalue weighted by Crippen LogP contribution is 2.43. The van der Waals surface area contributed by atoms with E-state index in [2.05, 4.69) is 20.2 Å². The average molecular weight is 305 g/mol. The van der Waals surface area contributed by atoms with Crippen LogP contribution in [-0.4, -0.2) is 65.7 Å². The highest BCUT2D eigenvalue weighted by Gasteiger charge is 2.55. The molecule has 0 radical (unpaired) electrons. The molecule has 0 aliphatic carbocycles. The number of likely N-dealkylation sites (tertiary alicyclic amines) is 1. The van der Waals surface area contributed by atoms with Crippen LogP contribution < -0.4 is 10.2 Å². The van der Waals surface area contributed by atoms with Gasteiger partial charge in [0.05, 0.1) is 0 Å². The Labute approximate surface area is 130 Å². The van der Waals surface area contributed by atoms with Crippen LogP contribution in [0.3, 0.4) is 0 Å². The molecule has 2 unspecified atom stereocenters. The van der Waals surface area contributed by atoms with Crippen LogP contribution in [0.25, 0.3) is 0 Å². The number of nitrogens with zero attached hydrogens (tertiary/aromatic N) is 4. The Kier molecular flexibility index (Phi) is 3.90. The maximum Gasteiger partial charge on any atom is 0.313 e. The second-order valence-electron chi connectivity index (χ2n) is 6.34. The largest absolute Gasteiger partial charge is 0.481 e. The van der Waals surface area contributed by atoms with Gasteiger partial charge in [-0.05, 0) is 38.9 Å². The van der Waals surface area contributed by atoms with Crippen molar-refractivity contribution in [2.45, 2.75) is 13.3 Å². The smallest absolute Gasteiger partial charge is 0.313 e. The molecule has 3 rings (SSSR count). The Balaban J connectivity index is 1.86. The monoisotopic (exact) mass is 305 g/mol. The molecule has 2 fully saturated rings. The van der Waals surface area contributed by atoms with E-state index in [0.29, 0.717) is 19.0 Å². The summed E-state index contributed by atoms with van der Waals surface area (Å²) in [6.45, 7) is 5.55. The van der Waals surface area contributed by atoms with Crippen LogP contribution >= 0.6 is 0 Å². The first-order valence-corrected chi connectivity index (χ1v) is 7.79. The Morgan fingerprint density at radius 2 is 2.36 bits per heavy atom. The molecule has 1 aromatic rings. The lowest BCUT2D eigenvalue weighted by Crippen LogP contribution is -2.52. The summed E-state index contributed by atoms with van der Waals surface area (Å²) in [5.74, 6) is 0.863. The van der Waals surface area contributed by atoms with Crippen molar-refractivity contribution in [1.29, 1.82) is 0 Å². The molecule has 0 aromatic carbocycles. The number of carbonyl (C=O) groups is 1. The fourth-order valence-electron chi connectivity index (χ4n) is 3.70. The van der Waals surface area contributed by atoms with E-state index in [1.165, 1.54) is 0 Å². The Bertz CT molecular complexity index is 567. The first kappa shape index (κ1) is 15.0. The third-order valence-electron chi connectivity index (χ3n) is 4.82. The fourth-order valence-corrected chi connectivity index (χ4v) is 3.70. The molecule has 120 valence electrons. The van der Waals surface area contributed by atoms with Crippen LogP contribution in [0.2, 0.25) is 0 Å². The van der Waals surface area contributed by atoms with Crippen molar-refractivity contribution in [3.63, 3.8) is 0 Å². The second-order valence-corrected chi connectivity index (χ2v) is 6.34. The Hall–Kier alpha value is -1.89. The number of hydrogen-bond acceptors (Lipinski definition) is 6. The summed E-state index contributed by atoms with van der Waals surface area (Å²) in [6.07, 6.45) is 2.63. The first-order valence-electron chi connectivity index (χ1n) is 7.79. The number of aliphatic carboxylic acids is 1. The standard InChI is InChI=1S/C15H23N5O2/c1-3-16-12-4-6-17-14(18-12)20-8-11-5-7-19(2)9-15(11,10-20)13(21)22/h4,6,11H,3,5,7-10H2,1-2H3,(H,21,22)(H,16,17,18). The number of rotatable bonds is 4. The summed E-state index contributed by atoms with van der Waals surface area (Å²) in [6, 6.07) is 1.83. The second kappa shape index (κ2) is 5.72. The number of carboxylic acids is 1. The molecule has 0 saturated carbocycles. The number of nitrogens with one attached hydrogen (secondary N) is 1. The van der Waals surface area contributed by atoms with Crippen LogP contribution in [0.1, 0.15) is 13.3 Å². The molecule has 3 heterocycles. The third-order valence-corrected chi connectivity index (χ3v) is 4.82. The van der Waals surface area contributed by atoms with Gasteiger partial charge in [-0.1, -0.05) is 0 Å². The van der Waals surface area contributed by atoms with Crippen LogP contribution in [-0.2, 0) is 4.79 Å². The molecule has 0 amide bonds. The van der Waals surface area contributed by atoms with E-state index < -0.39 is 11.4 Å². The van der Waals surface area contributed by atoms with Gasteiger partial charge in [-0.2, -0.15) is 4.98 Å². The van der Waals surface area contributed by atoms with Gasteiger partial charge in [-0.15, -0.1) is 0 Å². The molecule has 2 N–H and O–H groups in total. The average Bonchev–Trinajstić information content (AvgIpc) is 2.88. The normalized spacial score (nSPS) is 28.5. The molecular formula is C15H23N5O2. The summed E-state index contributed by atoms with van der Waals surface area (Å²) in [7, 11) is 1.99. The van der Waals surface area contributed by atoms with Gasteiger partial charge in [0.1, 0.15) is 11.2 Å². The van der Waals surface area contributed by atoms with E-state index in [1.54, 1.807) is 6.20 Å². The predicted molar refractivity (Wildman–Crippen MR) is 84.1 cm³/mol. The van der Waals surface area contributed by atoms with Crippen molar-refractivity contribution in [1.82, 2.24) is 14.9 Å². The zero-order valence-corrected chi connectivity index (χ0v) is 13.1. The highest BCUT2D eigenvalue weighted by molar-refractivity contribution is 5.77. The van der Waals surface area contributed by atoms with Gasteiger partial charge in [-0.25, -0.2) is 4.98 Å². The molecule has 2 aliphatic heterocycles. The van der Waals surface area contributed by atoms with E-state index in [4.69, 9.17) is 0 Å². The third kappa shape index (κ3) is 2.49. The zero-order valence-electron chi connectivity index (χ0n) is 13.1. The van der Waals surface area contributed by atoms with Gasteiger partial charge in [0.25, 0.3) is 0 Å². The minimum atomic E-state index is -0.704. The number of anilines is 2. The van der Waals surface area contributed by atoms with E-state index in [9.17, 15) is 9.90 Å². The molecule has 2 atom stereocenters. The minimum absolute atomic E-state index is 0.160. The number of fused-ring (bicyclic) bond motifs is 1. The molecule has 0 spiro atoms. The molecule has 2 saturated heterocycles. The highest BCUT2D eigenvalue weighted by atomic mass is 16.4. The van der Waals surface area contributed by atoms with Crippen LogP contribution in [0, 0.1) is 11.3 Å². The quantitative estimate of drug-likeness (QED) is 0.849. The zero-order chi connectivity index (χ0) is 15.7. The lowest BCUT2D eigenvalue weighted by molar-refractivity contribution is -0.153. The molecule has 1 aromatic heterocycles. The van der Waals surface area contributed by atoms with Crippen LogP contribution in [0.4, 0.5) is 11.8 Å². The molecule has 22 heavy (non-hydrogen) atoms. The van der Waals surface area contributed by atoms with Gasteiger partial charge in [0.2, 0.25) is 5.95 Å². The summed E-state index contributed by atoms with van der Waals surface area (Å²) in [5.41, 5.74) is -0.704. The maximum atomic E-state index is 11.9. The lowest BCUT2D eigenvalue weighted by Gasteiger charge is -2.39. The van der Waals surface area contributed by atoms with Crippen molar-refractivity contribution in [2.75, 3.05) is 50.0 Å². The molecule has 7 nitrogen and oxygen atoms in total. The number of piperidine rings is 1. The van der Waals surface area contributed by atoms with Crippen LogP contribution in [0.5, 0.6) is 0 Å². The predicted octanol–water partition coefficient (Wildman–Crippen LogP) is 0.751. The van der Waals surface area contributed by atoms with E-state index in [1.807, 2.05) is 24.9 Å². The van der Waals surface area contributed by atoms with Gasteiger partial charge < -0.3 is 20.2 Å². The van der Waals surface area contributed by atoms with Crippen LogP contribution in [0.15, 0.2) is 12.3 Å².